The van der Waals surface area contributed by atoms with Crippen LogP contribution in [0.5, 0.6) is 0 Å². The molecule has 1 aromatic heterocycles. The summed E-state index contributed by atoms with van der Waals surface area (Å²) in [4.78, 5) is 13.5. The third-order valence-electron chi connectivity index (χ3n) is 1.15. The van der Waals surface area contributed by atoms with Crippen molar-refractivity contribution in [2.45, 2.75) is 0 Å². The molecule has 0 radical (unpaired) electrons. The SMILES string of the molecule is C=Cc1c(I)cc[nH]c1=O. The third kappa shape index (κ3) is 1.29. The molecule has 0 unspecified atom stereocenters. The monoisotopic (exact) mass is 247 g/mol. The van der Waals surface area contributed by atoms with E-state index in [1.54, 1.807) is 12.3 Å². The highest BCUT2D eigenvalue weighted by molar-refractivity contribution is 14.1. The van der Waals surface area contributed by atoms with E-state index in [1.165, 1.54) is 0 Å². The zero-order valence-corrected chi connectivity index (χ0v) is 7.38. The normalized spacial score (nSPS) is 9.30. The Bertz CT molecular complexity index is 303. The van der Waals surface area contributed by atoms with Crippen LogP contribution in [0.15, 0.2) is 23.6 Å². The minimum Gasteiger partial charge on any atom is -0.329 e. The summed E-state index contributed by atoms with van der Waals surface area (Å²) >= 11 is 2.09. The Hall–Kier alpha value is -0.580. The first-order valence-corrected chi connectivity index (χ1v) is 3.83. The number of pyridine rings is 1. The average molecular weight is 247 g/mol. The lowest BCUT2D eigenvalue weighted by Gasteiger charge is -1.92. The Kier molecular flexibility index (Phi) is 2.26. The van der Waals surface area contributed by atoms with Gasteiger partial charge in [0.15, 0.2) is 0 Å². The maximum atomic E-state index is 10.9. The Morgan fingerprint density at radius 2 is 2.40 bits per heavy atom. The van der Waals surface area contributed by atoms with E-state index >= 15 is 0 Å². The number of hydrogen-bond donors (Lipinski definition) is 1. The number of aromatic amines is 1. The van der Waals surface area contributed by atoms with E-state index in [0.29, 0.717) is 5.56 Å². The molecule has 0 aliphatic carbocycles. The maximum Gasteiger partial charge on any atom is 0.256 e. The first-order chi connectivity index (χ1) is 4.75. The van der Waals surface area contributed by atoms with Gasteiger partial charge in [0.25, 0.3) is 5.56 Å². The number of hydrogen-bond acceptors (Lipinski definition) is 1. The van der Waals surface area contributed by atoms with Crippen molar-refractivity contribution >= 4 is 28.7 Å². The highest BCUT2D eigenvalue weighted by atomic mass is 127. The highest BCUT2D eigenvalue weighted by Gasteiger charge is 1.96. The van der Waals surface area contributed by atoms with Gasteiger partial charge in [-0.15, -0.1) is 0 Å². The molecule has 1 heterocycles. The molecular formula is C7H6INO. The number of nitrogens with one attached hydrogen (secondary N) is 1. The molecule has 0 saturated carbocycles. The molecule has 1 aromatic rings. The molecule has 2 nitrogen and oxygen atoms in total. The zero-order valence-electron chi connectivity index (χ0n) is 5.23. The molecule has 0 fully saturated rings. The Labute approximate surface area is 72.1 Å². The van der Waals surface area contributed by atoms with Crippen LogP contribution in [0, 0.1) is 3.57 Å². The van der Waals surface area contributed by atoms with Crippen LogP contribution in [0.2, 0.25) is 0 Å². The fraction of sp³-hybridized carbons (Fsp3) is 0. The third-order valence-corrected chi connectivity index (χ3v) is 2.09. The molecule has 1 rings (SSSR count). The van der Waals surface area contributed by atoms with Gasteiger partial charge in [0, 0.05) is 9.77 Å². The van der Waals surface area contributed by atoms with Crippen molar-refractivity contribution in [3.05, 3.63) is 38.3 Å². The van der Waals surface area contributed by atoms with Gasteiger partial charge < -0.3 is 4.98 Å². The van der Waals surface area contributed by atoms with E-state index < -0.39 is 0 Å². The van der Waals surface area contributed by atoms with E-state index in [2.05, 4.69) is 34.2 Å². The minimum absolute atomic E-state index is 0.0816. The van der Waals surface area contributed by atoms with Crippen LogP contribution >= 0.6 is 22.6 Å². The Morgan fingerprint density at radius 3 is 2.80 bits per heavy atom. The van der Waals surface area contributed by atoms with Crippen LogP contribution in [0.3, 0.4) is 0 Å². The summed E-state index contributed by atoms with van der Waals surface area (Å²) in [5.41, 5.74) is 0.560. The van der Waals surface area contributed by atoms with Crippen LogP contribution in [0.25, 0.3) is 6.08 Å². The second kappa shape index (κ2) is 3.01. The number of halogens is 1. The predicted molar refractivity (Wildman–Crippen MR) is 49.9 cm³/mol. The van der Waals surface area contributed by atoms with Crippen molar-refractivity contribution in [2.75, 3.05) is 0 Å². The molecule has 0 atom stereocenters. The smallest absolute Gasteiger partial charge is 0.256 e. The summed E-state index contributed by atoms with van der Waals surface area (Å²) in [6.45, 7) is 3.53. The van der Waals surface area contributed by atoms with Gasteiger partial charge in [-0.2, -0.15) is 0 Å². The van der Waals surface area contributed by atoms with Crippen molar-refractivity contribution in [2.24, 2.45) is 0 Å². The zero-order chi connectivity index (χ0) is 7.56. The predicted octanol–water partition coefficient (Wildman–Crippen LogP) is 1.62. The topological polar surface area (TPSA) is 32.9 Å². The molecule has 1 N–H and O–H groups in total. The standard InChI is InChI=1S/C7H6INO/c1-2-5-6(8)3-4-9-7(5)10/h2-4H,1H2,(H,9,10). The Morgan fingerprint density at radius 1 is 1.70 bits per heavy atom. The lowest BCUT2D eigenvalue weighted by Crippen LogP contribution is -2.09. The molecule has 0 spiro atoms. The van der Waals surface area contributed by atoms with Crippen LogP contribution in [-0.2, 0) is 0 Å². The van der Waals surface area contributed by atoms with E-state index in [1.807, 2.05) is 6.07 Å². The lowest BCUT2D eigenvalue weighted by molar-refractivity contribution is 1.21. The van der Waals surface area contributed by atoms with Gasteiger partial charge >= 0.3 is 0 Å². The summed E-state index contributed by atoms with van der Waals surface area (Å²) < 4.78 is 0.927. The maximum absolute atomic E-state index is 10.9. The molecule has 0 aliphatic heterocycles. The van der Waals surface area contributed by atoms with E-state index in [9.17, 15) is 4.79 Å². The van der Waals surface area contributed by atoms with Gasteiger partial charge in [0.05, 0.1) is 5.56 Å². The van der Waals surface area contributed by atoms with Crippen LogP contribution in [0.1, 0.15) is 5.56 Å². The van der Waals surface area contributed by atoms with Crippen molar-refractivity contribution in [3.8, 4) is 0 Å². The average Bonchev–Trinajstić information content (AvgIpc) is 1.88. The Balaban J connectivity index is 3.45. The number of rotatable bonds is 1. The quantitative estimate of drug-likeness (QED) is 0.751. The molecular weight excluding hydrogens is 241 g/mol. The fourth-order valence-electron chi connectivity index (χ4n) is 0.657. The summed E-state index contributed by atoms with van der Waals surface area (Å²) in [5.74, 6) is 0. The van der Waals surface area contributed by atoms with Gasteiger partial charge in [0.2, 0.25) is 0 Å². The summed E-state index contributed by atoms with van der Waals surface area (Å²) in [6, 6.07) is 1.83. The lowest BCUT2D eigenvalue weighted by atomic mass is 10.3. The molecule has 0 amide bonds. The molecule has 0 bridgehead atoms. The van der Waals surface area contributed by atoms with Gasteiger partial charge in [-0.05, 0) is 28.7 Å². The second-order valence-electron chi connectivity index (χ2n) is 1.77. The van der Waals surface area contributed by atoms with Crippen LogP contribution in [-0.4, -0.2) is 4.98 Å². The van der Waals surface area contributed by atoms with Gasteiger partial charge in [0.1, 0.15) is 0 Å². The second-order valence-corrected chi connectivity index (χ2v) is 2.93. The first kappa shape index (κ1) is 7.53. The first-order valence-electron chi connectivity index (χ1n) is 2.75. The number of H-pyrrole nitrogens is 1. The largest absolute Gasteiger partial charge is 0.329 e. The molecule has 3 heteroatoms. The summed E-state index contributed by atoms with van der Waals surface area (Å²) in [5, 5.41) is 0. The number of aromatic nitrogens is 1. The van der Waals surface area contributed by atoms with E-state index in [-0.39, 0.29) is 5.56 Å². The van der Waals surface area contributed by atoms with Crippen LogP contribution in [0.4, 0.5) is 0 Å². The van der Waals surface area contributed by atoms with Gasteiger partial charge in [-0.25, -0.2) is 0 Å². The summed E-state index contributed by atoms with van der Waals surface area (Å²) in [6.07, 6.45) is 3.18. The fourth-order valence-corrected chi connectivity index (χ4v) is 1.30. The van der Waals surface area contributed by atoms with Gasteiger partial charge in [-0.3, -0.25) is 4.79 Å². The van der Waals surface area contributed by atoms with E-state index in [0.717, 1.165) is 3.57 Å². The van der Waals surface area contributed by atoms with Crippen molar-refractivity contribution in [3.63, 3.8) is 0 Å². The summed E-state index contributed by atoms with van der Waals surface area (Å²) in [7, 11) is 0. The van der Waals surface area contributed by atoms with E-state index in [4.69, 9.17) is 0 Å². The highest BCUT2D eigenvalue weighted by Crippen LogP contribution is 2.06. The van der Waals surface area contributed by atoms with Crippen molar-refractivity contribution in [1.29, 1.82) is 0 Å². The van der Waals surface area contributed by atoms with Crippen LogP contribution < -0.4 is 5.56 Å². The van der Waals surface area contributed by atoms with Crippen molar-refractivity contribution in [1.82, 2.24) is 4.98 Å². The molecule has 52 valence electrons. The van der Waals surface area contributed by atoms with Crippen molar-refractivity contribution < 1.29 is 0 Å². The minimum atomic E-state index is -0.0816. The molecule has 0 saturated heterocycles. The molecule has 10 heavy (non-hydrogen) atoms. The molecule has 0 aromatic carbocycles. The van der Waals surface area contributed by atoms with Gasteiger partial charge in [-0.1, -0.05) is 12.7 Å². The molecule has 0 aliphatic rings.